The van der Waals surface area contributed by atoms with Crippen molar-refractivity contribution in [2.24, 2.45) is 5.73 Å². The Morgan fingerprint density at radius 1 is 1.11 bits per heavy atom. The van der Waals surface area contributed by atoms with Crippen LogP contribution >= 0.6 is 12.6 Å². The van der Waals surface area contributed by atoms with Crippen molar-refractivity contribution >= 4 is 18.4 Å². The number of carbonyl (C=O) groups excluding carboxylic acids is 1. The minimum absolute atomic E-state index is 0.0000732. The summed E-state index contributed by atoms with van der Waals surface area (Å²) in [5.41, 5.74) is 6.09. The monoisotopic (exact) mass is 393 g/mol. The number of aliphatic hydroxyl groups is 1. The van der Waals surface area contributed by atoms with Crippen LogP contribution in [0, 0.1) is 0 Å². The van der Waals surface area contributed by atoms with Crippen LogP contribution in [-0.4, -0.2) is 49.2 Å². The first-order valence-electron chi connectivity index (χ1n) is 8.07. The Morgan fingerprint density at radius 2 is 1.81 bits per heavy atom. The zero-order chi connectivity index (χ0) is 19.9. The number of thiol groups is 1. The average molecular weight is 393 g/mol. The summed E-state index contributed by atoms with van der Waals surface area (Å²) in [6.45, 7) is 0. The molecule has 27 heavy (non-hydrogen) atoms. The van der Waals surface area contributed by atoms with Gasteiger partial charge in [0, 0.05) is 23.4 Å². The topological polar surface area (TPSA) is 153 Å². The molecule has 0 aliphatic carbocycles. The number of aromatic hydroxyl groups is 4. The number of benzene rings is 2. The highest BCUT2D eigenvalue weighted by Gasteiger charge is 2.45. The van der Waals surface area contributed by atoms with Crippen LogP contribution in [-0.2, 0) is 4.79 Å². The van der Waals surface area contributed by atoms with Gasteiger partial charge in [-0.1, -0.05) is 6.07 Å². The van der Waals surface area contributed by atoms with Crippen molar-refractivity contribution in [3.8, 4) is 28.7 Å². The number of nitrogens with two attached hydrogens (primary N) is 1. The molecule has 1 aliphatic heterocycles. The SMILES string of the molecule is NC(CS)C(=O)C1c2c(O)cc(O)cc2O[C@H](c2ccc(O)c(O)c2)[C@H]1O. The second-order valence-corrected chi connectivity index (χ2v) is 6.69. The molecule has 0 bridgehead atoms. The van der Waals surface area contributed by atoms with Gasteiger partial charge in [-0.3, -0.25) is 4.79 Å². The summed E-state index contributed by atoms with van der Waals surface area (Å²) in [6, 6.07) is 5.07. The van der Waals surface area contributed by atoms with Gasteiger partial charge in [0.25, 0.3) is 0 Å². The molecular weight excluding hydrogens is 374 g/mol. The summed E-state index contributed by atoms with van der Waals surface area (Å²) in [5, 5.41) is 50.1. The molecule has 0 spiro atoms. The molecule has 9 heteroatoms. The molecule has 3 rings (SSSR count). The van der Waals surface area contributed by atoms with Crippen LogP contribution in [0.1, 0.15) is 23.1 Å². The molecule has 0 aromatic heterocycles. The van der Waals surface area contributed by atoms with E-state index in [0.717, 1.165) is 6.07 Å². The number of ether oxygens (including phenoxy) is 1. The van der Waals surface area contributed by atoms with Gasteiger partial charge in [0.1, 0.15) is 23.4 Å². The molecule has 144 valence electrons. The predicted octanol–water partition coefficient (Wildman–Crippen LogP) is 0.913. The van der Waals surface area contributed by atoms with Crippen molar-refractivity contribution < 1.29 is 35.1 Å². The lowest BCUT2D eigenvalue weighted by Gasteiger charge is -2.37. The molecule has 0 saturated carbocycles. The van der Waals surface area contributed by atoms with Crippen LogP contribution in [0.5, 0.6) is 28.7 Å². The first-order valence-corrected chi connectivity index (χ1v) is 8.70. The lowest BCUT2D eigenvalue weighted by Crippen LogP contribution is -2.45. The van der Waals surface area contributed by atoms with Crippen LogP contribution in [0.3, 0.4) is 0 Å². The van der Waals surface area contributed by atoms with Gasteiger partial charge >= 0.3 is 0 Å². The van der Waals surface area contributed by atoms with Crippen molar-refractivity contribution in [2.75, 3.05) is 5.75 Å². The summed E-state index contributed by atoms with van der Waals surface area (Å²) < 4.78 is 5.71. The summed E-state index contributed by atoms with van der Waals surface area (Å²) >= 11 is 4.01. The van der Waals surface area contributed by atoms with Gasteiger partial charge in [-0.05, 0) is 17.7 Å². The zero-order valence-corrected chi connectivity index (χ0v) is 14.9. The van der Waals surface area contributed by atoms with E-state index in [9.17, 15) is 30.3 Å². The number of aliphatic hydroxyl groups excluding tert-OH is 1. The number of fused-ring (bicyclic) bond motifs is 1. The number of rotatable bonds is 4. The Kier molecular flexibility index (Phi) is 5.09. The lowest BCUT2D eigenvalue weighted by atomic mass is 9.79. The fraction of sp³-hybridized carbons (Fsp3) is 0.278. The van der Waals surface area contributed by atoms with E-state index in [1.165, 1.54) is 24.3 Å². The number of hydrogen-bond acceptors (Lipinski definition) is 9. The van der Waals surface area contributed by atoms with E-state index in [1.807, 2.05) is 0 Å². The molecule has 1 heterocycles. The quantitative estimate of drug-likeness (QED) is 0.299. The molecule has 2 unspecified atom stereocenters. The third-order valence-electron chi connectivity index (χ3n) is 4.52. The van der Waals surface area contributed by atoms with Gasteiger partial charge in [0.05, 0.1) is 12.0 Å². The van der Waals surface area contributed by atoms with E-state index in [4.69, 9.17) is 10.5 Å². The lowest BCUT2D eigenvalue weighted by molar-refractivity contribution is -0.127. The van der Waals surface area contributed by atoms with Gasteiger partial charge in [0.15, 0.2) is 23.4 Å². The molecule has 7 N–H and O–H groups in total. The molecule has 0 fully saturated rings. The predicted molar refractivity (Wildman–Crippen MR) is 98.5 cm³/mol. The van der Waals surface area contributed by atoms with Crippen LogP contribution in [0.4, 0.5) is 0 Å². The fourth-order valence-corrected chi connectivity index (χ4v) is 3.35. The first kappa shape index (κ1) is 19.2. The highest BCUT2D eigenvalue weighted by Crippen LogP contribution is 2.49. The van der Waals surface area contributed by atoms with E-state index in [-0.39, 0.29) is 34.1 Å². The molecule has 2 aromatic rings. The Bertz CT molecular complexity index is 888. The largest absolute Gasteiger partial charge is 0.508 e. The van der Waals surface area contributed by atoms with Crippen LogP contribution in [0.2, 0.25) is 0 Å². The Balaban J connectivity index is 2.14. The van der Waals surface area contributed by atoms with Crippen LogP contribution in [0.25, 0.3) is 0 Å². The van der Waals surface area contributed by atoms with Crippen LogP contribution in [0.15, 0.2) is 30.3 Å². The zero-order valence-electron chi connectivity index (χ0n) is 14.0. The standard InChI is InChI=1S/C18H19NO7S/c19-9(6-27)16(24)15-14-12(23)4-8(20)5-13(14)26-18(17(15)25)7-1-2-10(21)11(22)3-7/h1-5,9,15,17-18,20-23,25,27H,6,19H2/t9?,15?,17-,18+/m0/s1. The molecule has 0 radical (unpaired) electrons. The number of hydrogen-bond donors (Lipinski definition) is 7. The number of carbonyl (C=O) groups is 1. The van der Waals surface area contributed by atoms with Gasteiger partial charge < -0.3 is 36.0 Å². The van der Waals surface area contributed by atoms with Crippen molar-refractivity contribution in [1.82, 2.24) is 0 Å². The first-order chi connectivity index (χ1) is 12.7. The second-order valence-electron chi connectivity index (χ2n) is 6.32. The second kappa shape index (κ2) is 7.18. The maximum Gasteiger partial charge on any atom is 0.160 e. The smallest absolute Gasteiger partial charge is 0.160 e. The van der Waals surface area contributed by atoms with Crippen LogP contribution < -0.4 is 10.5 Å². The maximum absolute atomic E-state index is 12.8. The molecule has 8 nitrogen and oxygen atoms in total. The highest BCUT2D eigenvalue weighted by atomic mass is 32.1. The summed E-state index contributed by atoms with van der Waals surface area (Å²) in [4.78, 5) is 12.8. The number of ketones is 1. The minimum atomic E-state index is -1.45. The van der Waals surface area contributed by atoms with Gasteiger partial charge in [-0.15, -0.1) is 0 Å². The summed E-state index contributed by atoms with van der Waals surface area (Å²) in [5.74, 6) is -3.26. The van der Waals surface area contributed by atoms with E-state index >= 15 is 0 Å². The van der Waals surface area contributed by atoms with Crippen molar-refractivity contribution in [1.29, 1.82) is 0 Å². The Morgan fingerprint density at radius 3 is 2.44 bits per heavy atom. The van der Waals surface area contributed by atoms with E-state index in [0.29, 0.717) is 0 Å². The number of phenols is 4. The van der Waals surface area contributed by atoms with Crippen molar-refractivity contribution in [2.45, 2.75) is 24.2 Å². The Labute approximate surface area is 159 Å². The number of Topliss-reactive ketones (excluding diaryl/α,β-unsaturated/α-hetero) is 1. The number of phenolic OH excluding ortho intramolecular Hbond substituents is 4. The molecule has 2 aromatic carbocycles. The third-order valence-corrected chi connectivity index (χ3v) is 4.91. The molecule has 1 aliphatic rings. The molecule has 0 saturated heterocycles. The van der Waals surface area contributed by atoms with E-state index < -0.39 is 41.4 Å². The summed E-state index contributed by atoms with van der Waals surface area (Å²) in [7, 11) is 0. The highest BCUT2D eigenvalue weighted by molar-refractivity contribution is 7.80. The summed E-state index contributed by atoms with van der Waals surface area (Å²) in [6.07, 6.45) is -2.57. The van der Waals surface area contributed by atoms with Gasteiger partial charge in [-0.2, -0.15) is 12.6 Å². The molecule has 0 amide bonds. The maximum atomic E-state index is 12.8. The molecule has 4 atom stereocenters. The Hall–Kier alpha value is -2.62. The normalized spacial score (nSPS) is 22.6. The fourth-order valence-electron chi connectivity index (χ4n) is 3.17. The van der Waals surface area contributed by atoms with Crippen molar-refractivity contribution in [3.05, 3.63) is 41.5 Å². The third kappa shape index (κ3) is 3.36. The average Bonchev–Trinajstić information content (AvgIpc) is 2.62. The van der Waals surface area contributed by atoms with E-state index in [1.54, 1.807) is 0 Å². The minimum Gasteiger partial charge on any atom is -0.508 e. The van der Waals surface area contributed by atoms with E-state index in [2.05, 4.69) is 12.6 Å². The van der Waals surface area contributed by atoms with Crippen molar-refractivity contribution in [3.63, 3.8) is 0 Å². The van der Waals surface area contributed by atoms with Gasteiger partial charge in [0.2, 0.25) is 0 Å². The molecular formula is C18H19NO7S. The van der Waals surface area contributed by atoms with Gasteiger partial charge in [-0.25, -0.2) is 0 Å².